The Kier molecular flexibility index (Phi) is 5.62. The van der Waals surface area contributed by atoms with Gasteiger partial charge in [-0.2, -0.15) is 0 Å². The highest BCUT2D eigenvalue weighted by Crippen LogP contribution is 2.40. The minimum atomic E-state index is -3.04. The minimum Gasteiger partial charge on any atom is -0.441 e. The van der Waals surface area contributed by atoms with Crippen LogP contribution < -0.4 is 15.5 Å². The molecule has 1 amide bonds. The fourth-order valence-corrected chi connectivity index (χ4v) is 3.94. The maximum absolute atomic E-state index is 14.4. The number of pyridine rings is 2. The second kappa shape index (κ2) is 8.22. The van der Waals surface area contributed by atoms with E-state index in [-0.39, 0.29) is 11.6 Å². The molecule has 164 valence electrons. The van der Waals surface area contributed by atoms with Gasteiger partial charge in [-0.25, -0.2) is 23.5 Å². The number of aromatic nitrogens is 2. The first-order valence-electron chi connectivity index (χ1n) is 10.3. The van der Waals surface area contributed by atoms with Crippen LogP contribution in [0.3, 0.4) is 0 Å². The molecule has 2 N–H and O–H groups in total. The van der Waals surface area contributed by atoms with Crippen LogP contribution in [0.2, 0.25) is 0 Å². The summed E-state index contributed by atoms with van der Waals surface area (Å²) in [5.74, 6) is -2.20. The summed E-state index contributed by atoms with van der Waals surface area (Å²) in [6, 6.07) is 4.61. The van der Waals surface area contributed by atoms with Crippen molar-refractivity contribution in [3.63, 3.8) is 0 Å². The third-order valence-electron chi connectivity index (χ3n) is 5.56. The van der Waals surface area contributed by atoms with Crippen LogP contribution >= 0.6 is 0 Å². The third kappa shape index (κ3) is 4.23. The van der Waals surface area contributed by atoms with Gasteiger partial charge in [-0.1, -0.05) is 13.0 Å². The lowest BCUT2D eigenvalue weighted by Crippen LogP contribution is -2.50. The van der Waals surface area contributed by atoms with E-state index in [4.69, 9.17) is 9.72 Å². The van der Waals surface area contributed by atoms with Crippen LogP contribution in [-0.4, -0.2) is 41.7 Å². The van der Waals surface area contributed by atoms with Gasteiger partial charge in [0.2, 0.25) is 0 Å². The molecule has 0 aromatic carbocycles. The van der Waals surface area contributed by atoms with Crippen molar-refractivity contribution < 1.29 is 18.3 Å². The molecule has 4 heterocycles. The quantitative estimate of drug-likeness (QED) is 0.693. The Hall–Kier alpha value is -3.07. The fourth-order valence-electron chi connectivity index (χ4n) is 3.94. The van der Waals surface area contributed by atoms with Gasteiger partial charge in [0.25, 0.3) is 5.92 Å². The average Bonchev–Trinajstić information content (AvgIpc) is 2.77. The topological polar surface area (TPSA) is 79.4 Å². The van der Waals surface area contributed by atoms with Gasteiger partial charge in [0.1, 0.15) is 17.7 Å². The van der Waals surface area contributed by atoms with E-state index < -0.39 is 18.1 Å². The van der Waals surface area contributed by atoms with Crippen LogP contribution in [0, 0.1) is 0 Å². The van der Waals surface area contributed by atoms with Crippen LogP contribution in [0.25, 0.3) is 11.3 Å². The fraction of sp³-hybridized carbons (Fsp3) is 0.409. The van der Waals surface area contributed by atoms with E-state index in [1.165, 1.54) is 18.3 Å². The maximum atomic E-state index is 14.4. The first-order valence-corrected chi connectivity index (χ1v) is 10.3. The van der Waals surface area contributed by atoms with Gasteiger partial charge >= 0.3 is 6.09 Å². The zero-order valence-electron chi connectivity index (χ0n) is 17.5. The molecule has 2 aromatic rings. The molecule has 2 aliphatic rings. The summed E-state index contributed by atoms with van der Waals surface area (Å²) in [7, 11) is 0. The number of carbonyl (C=O) groups excluding carboxylic acids is 1. The van der Waals surface area contributed by atoms with Crippen LogP contribution in [0.15, 0.2) is 37.1 Å². The molecule has 4 rings (SSSR count). The monoisotopic (exact) mass is 429 g/mol. The van der Waals surface area contributed by atoms with Gasteiger partial charge in [-0.05, 0) is 24.6 Å². The number of fused-ring (bicyclic) bond motifs is 1. The van der Waals surface area contributed by atoms with Crippen LogP contribution in [0.1, 0.15) is 37.5 Å². The zero-order valence-corrected chi connectivity index (χ0v) is 17.5. The van der Waals surface area contributed by atoms with Gasteiger partial charge in [-0.15, -0.1) is 6.58 Å². The highest BCUT2D eigenvalue weighted by atomic mass is 19.3. The standard InChI is InChI=1S/C22H25F2N5O2/c1-4-14-12-29(9-8-25-14)18-11-13(22(3,23)24)10-16(27-18)15-6-7-26-20-19(15)17(5-2)31-21(30)28-20/h4,6-7,10-11,14,17,25H,1,5,8-9,12H2,2-3H3,(H,26,28,30). The van der Waals surface area contributed by atoms with E-state index in [2.05, 4.69) is 22.2 Å². The molecule has 0 spiro atoms. The SMILES string of the molecule is C=CC1CN(c2cc(C(C)(F)F)cc(-c3ccnc4c3C(CC)OC(=O)N4)n2)CCN1. The van der Waals surface area contributed by atoms with E-state index >= 15 is 0 Å². The summed E-state index contributed by atoms with van der Waals surface area (Å²) in [4.78, 5) is 22.8. The number of amides is 1. The molecule has 0 saturated carbocycles. The van der Waals surface area contributed by atoms with Crippen LogP contribution in [0.4, 0.5) is 25.2 Å². The number of anilines is 2. The number of cyclic esters (lactones) is 1. The Morgan fingerprint density at radius 3 is 2.94 bits per heavy atom. The summed E-state index contributed by atoms with van der Waals surface area (Å²) < 4.78 is 34.2. The number of carbonyl (C=O) groups is 1. The summed E-state index contributed by atoms with van der Waals surface area (Å²) in [5, 5.41) is 5.91. The average molecular weight is 429 g/mol. The smallest absolute Gasteiger partial charge is 0.413 e. The van der Waals surface area contributed by atoms with E-state index in [9.17, 15) is 13.6 Å². The Labute approximate surface area is 179 Å². The molecule has 1 fully saturated rings. The predicted molar refractivity (Wildman–Crippen MR) is 114 cm³/mol. The molecule has 0 bridgehead atoms. The molecular weight excluding hydrogens is 404 g/mol. The predicted octanol–water partition coefficient (Wildman–Crippen LogP) is 4.23. The molecule has 0 aliphatic carbocycles. The zero-order chi connectivity index (χ0) is 22.2. The van der Waals surface area contributed by atoms with Crippen molar-refractivity contribution >= 4 is 17.7 Å². The van der Waals surface area contributed by atoms with Gasteiger partial charge in [0.05, 0.1) is 5.69 Å². The summed E-state index contributed by atoms with van der Waals surface area (Å²) in [6.45, 7) is 8.50. The molecule has 31 heavy (non-hydrogen) atoms. The number of piperazine rings is 1. The van der Waals surface area contributed by atoms with E-state index in [1.54, 1.807) is 12.1 Å². The van der Waals surface area contributed by atoms with Crippen molar-refractivity contribution in [2.75, 3.05) is 29.9 Å². The van der Waals surface area contributed by atoms with Crippen molar-refractivity contribution in [2.45, 2.75) is 38.3 Å². The van der Waals surface area contributed by atoms with Gasteiger partial charge in [0.15, 0.2) is 0 Å². The molecule has 2 atom stereocenters. The molecule has 9 heteroatoms. The highest BCUT2D eigenvalue weighted by Gasteiger charge is 2.32. The van der Waals surface area contributed by atoms with E-state index in [0.717, 1.165) is 6.92 Å². The summed E-state index contributed by atoms with van der Waals surface area (Å²) in [6.07, 6.45) is 2.74. The molecular formula is C22H25F2N5O2. The molecule has 7 nitrogen and oxygen atoms in total. The Balaban J connectivity index is 1.85. The number of hydrogen-bond acceptors (Lipinski definition) is 6. The normalized spacial score (nSPS) is 21.2. The Bertz CT molecular complexity index is 1010. The Morgan fingerprint density at radius 2 is 2.23 bits per heavy atom. The lowest BCUT2D eigenvalue weighted by molar-refractivity contribution is 0.0174. The lowest BCUT2D eigenvalue weighted by atomic mass is 9.96. The van der Waals surface area contributed by atoms with Crippen LogP contribution in [0.5, 0.6) is 0 Å². The minimum absolute atomic E-state index is 0.0477. The number of rotatable bonds is 5. The van der Waals surface area contributed by atoms with Crippen molar-refractivity contribution in [3.8, 4) is 11.3 Å². The van der Waals surface area contributed by atoms with Gasteiger partial charge < -0.3 is 15.0 Å². The number of nitrogens with zero attached hydrogens (tertiary/aromatic N) is 3. The Morgan fingerprint density at radius 1 is 1.42 bits per heavy atom. The third-order valence-corrected chi connectivity index (χ3v) is 5.56. The number of alkyl halides is 2. The number of hydrogen-bond donors (Lipinski definition) is 2. The van der Waals surface area contributed by atoms with Crippen molar-refractivity contribution in [2.24, 2.45) is 0 Å². The van der Waals surface area contributed by atoms with Gasteiger partial charge in [0, 0.05) is 55.5 Å². The highest BCUT2D eigenvalue weighted by molar-refractivity contribution is 5.89. The summed E-state index contributed by atoms with van der Waals surface area (Å²) >= 11 is 0. The number of nitrogens with one attached hydrogen (secondary N) is 2. The van der Waals surface area contributed by atoms with Crippen LogP contribution in [-0.2, 0) is 10.7 Å². The van der Waals surface area contributed by atoms with Gasteiger partial charge in [-0.3, -0.25) is 5.32 Å². The summed E-state index contributed by atoms with van der Waals surface area (Å²) in [5.41, 5.74) is 1.52. The molecule has 2 unspecified atom stereocenters. The largest absolute Gasteiger partial charge is 0.441 e. The first kappa shape index (κ1) is 21.2. The lowest BCUT2D eigenvalue weighted by Gasteiger charge is -2.34. The molecule has 1 saturated heterocycles. The van der Waals surface area contributed by atoms with E-state index in [0.29, 0.717) is 54.5 Å². The van der Waals surface area contributed by atoms with Crippen molar-refractivity contribution in [1.29, 1.82) is 0 Å². The van der Waals surface area contributed by atoms with Crippen molar-refractivity contribution in [1.82, 2.24) is 15.3 Å². The van der Waals surface area contributed by atoms with Crippen molar-refractivity contribution in [3.05, 3.63) is 48.2 Å². The maximum Gasteiger partial charge on any atom is 0.413 e. The molecule has 2 aromatic heterocycles. The molecule has 0 radical (unpaired) electrons. The first-order chi connectivity index (χ1) is 14.8. The number of halogens is 2. The van der Waals surface area contributed by atoms with E-state index in [1.807, 2.05) is 11.8 Å². The second-order valence-corrected chi connectivity index (χ2v) is 7.78. The molecule has 2 aliphatic heterocycles. The second-order valence-electron chi connectivity index (χ2n) is 7.78. The number of ether oxygens (including phenoxy) is 1.